The maximum absolute atomic E-state index is 12.2. The van der Waals surface area contributed by atoms with Crippen molar-refractivity contribution in [1.82, 2.24) is 9.62 Å². The number of carbonyl (C=O) groups is 3. The van der Waals surface area contributed by atoms with Crippen LogP contribution in [0.2, 0.25) is 0 Å². The lowest BCUT2D eigenvalue weighted by atomic mass is 9.81. The third-order valence-corrected chi connectivity index (χ3v) is 7.29. The first kappa shape index (κ1) is 15.5. The third-order valence-electron chi connectivity index (χ3n) is 5.09. The smallest absolute Gasteiger partial charge is 0.253 e. The topological polar surface area (TPSA) is 101 Å². The quantitative estimate of drug-likeness (QED) is 0.741. The number of likely N-dealkylation sites (tertiary alicyclic amines) is 1. The largest absolute Gasteiger partial charge is 0.274 e. The van der Waals surface area contributed by atoms with Crippen molar-refractivity contribution in [1.29, 1.82) is 0 Å². The number of sulfonamides is 1. The number of nitrogens with one attached hydrogen (secondary N) is 1. The summed E-state index contributed by atoms with van der Waals surface area (Å²) in [4.78, 5) is 37.4. The van der Waals surface area contributed by atoms with Crippen LogP contribution in [-0.4, -0.2) is 42.3 Å². The average Bonchev–Trinajstić information content (AvgIpc) is 3.18. The summed E-state index contributed by atoms with van der Waals surface area (Å²) in [5, 5.41) is 0. The molecule has 0 bridgehead atoms. The number of fused-ring (bicyclic) bond motifs is 1. The van der Waals surface area contributed by atoms with Crippen molar-refractivity contribution in [2.45, 2.75) is 50.2 Å². The van der Waals surface area contributed by atoms with E-state index in [0.29, 0.717) is 25.7 Å². The van der Waals surface area contributed by atoms with E-state index in [0.717, 1.165) is 17.7 Å². The number of hydrogen-bond acceptors (Lipinski definition) is 5. The Balaban J connectivity index is 1.67. The Morgan fingerprint density at radius 2 is 1.68 bits per heavy atom. The standard InChI is InChI=1S/C14H20N2O5S/c1-14(6-7-14)22(20,21)15-11(17)8-16-12(18)9-4-2-3-5-10(9)13(16)19/h9-10H,2-8H2,1H3,(H,15,17). The SMILES string of the molecule is CC1(S(=O)(=O)NC(=O)CN2C(=O)C3CCCCC3C2=O)CC1. The van der Waals surface area contributed by atoms with E-state index in [4.69, 9.17) is 0 Å². The van der Waals surface area contributed by atoms with Crippen LogP contribution < -0.4 is 4.72 Å². The van der Waals surface area contributed by atoms with Gasteiger partial charge in [0, 0.05) is 0 Å². The monoisotopic (exact) mass is 328 g/mol. The van der Waals surface area contributed by atoms with Gasteiger partial charge < -0.3 is 0 Å². The van der Waals surface area contributed by atoms with Gasteiger partial charge in [0.1, 0.15) is 6.54 Å². The number of imide groups is 1. The average molecular weight is 328 g/mol. The van der Waals surface area contributed by atoms with Gasteiger partial charge >= 0.3 is 0 Å². The first-order chi connectivity index (χ1) is 10.3. The van der Waals surface area contributed by atoms with Crippen molar-refractivity contribution >= 4 is 27.7 Å². The minimum Gasteiger partial charge on any atom is -0.274 e. The van der Waals surface area contributed by atoms with Crippen molar-refractivity contribution in [3.05, 3.63) is 0 Å². The van der Waals surface area contributed by atoms with Crippen LogP contribution in [0.25, 0.3) is 0 Å². The zero-order valence-electron chi connectivity index (χ0n) is 12.5. The summed E-state index contributed by atoms with van der Waals surface area (Å²) in [6.07, 6.45) is 4.19. The molecule has 0 radical (unpaired) electrons. The van der Waals surface area contributed by atoms with Gasteiger partial charge in [-0.15, -0.1) is 0 Å². The van der Waals surface area contributed by atoms with E-state index in [9.17, 15) is 22.8 Å². The van der Waals surface area contributed by atoms with Crippen LogP contribution in [0, 0.1) is 11.8 Å². The highest BCUT2D eigenvalue weighted by atomic mass is 32.2. The van der Waals surface area contributed by atoms with Crippen LogP contribution in [-0.2, 0) is 24.4 Å². The molecule has 0 aromatic heterocycles. The zero-order valence-corrected chi connectivity index (χ0v) is 13.3. The molecule has 0 aromatic carbocycles. The molecule has 7 nitrogen and oxygen atoms in total. The Bertz CT molecular complexity index is 614. The lowest BCUT2D eigenvalue weighted by Crippen LogP contribution is -2.45. The van der Waals surface area contributed by atoms with E-state index in [1.807, 2.05) is 4.72 Å². The lowest BCUT2D eigenvalue weighted by Gasteiger charge is -2.19. The summed E-state index contributed by atoms with van der Waals surface area (Å²) < 4.78 is 25.1. The van der Waals surface area contributed by atoms with Gasteiger partial charge in [-0.1, -0.05) is 12.8 Å². The highest BCUT2D eigenvalue weighted by Crippen LogP contribution is 2.42. The van der Waals surface area contributed by atoms with E-state index in [-0.39, 0.29) is 23.7 Å². The van der Waals surface area contributed by atoms with Gasteiger partial charge in [0.05, 0.1) is 16.6 Å². The van der Waals surface area contributed by atoms with Crippen molar-refractivity contribution in [3.63, 3.8) is 0 Å². The Morgan fingerprint density at radius 3 is 2.14 bits per heavy atom. The summed E-state index contributed by atoms with van der Waals surface area (Å²) in [6, 6.07) is 0. The summed E-state index contributed by atoms with van der Waals surface area (Å²) >= 11 is 0. The highest BCUT2D eigenvalue weighted by Gasteiger charge is 2.52. The molecule has 1 saturated heterocycles. The van der Waals surface area contributed by atoms with E-state index < -0.39 is 27.2 Å². The molecule has 1 heterocycles. The molecule has 2 aliphatic carbocycles. The van der Waals surface area contributed by atoms with Gasteiger partial charge in [-0.25, -0.2) is 8.42 Å². The molecule has 3 amide bonds. The molecule has 8 heteroatoms. The van der Waals surface area contributed by atoms with Gasteiger partial charge in [-0.05, 0) is 32.6 Å². The molecule has 3 aliphatic rings. The summed E-state index contributed by atoms with van der Waals surface area (Å²) in [7, 11) is -3.74. The highest BCUT2D eigenvalue weighted by molar-refractivity contribution is 7.91. The Labute approximate surface area is 129 Å². The Hall–Kier alpha value is -1.44. The fraction of sp³-hybridized carbons (Fsp3) is 0.786. The normalized spacial score (nSPS) is 30.1. The maximum atomic E-state index is 12.2. The Morgan fingerprint density at radius 1 is 1.18 bits per heavy atom. The number of rotatable bonds is 4. The lowest BCUT2D eigenvalue weighted by molar-refractivity contribution is -0.143. The summed E-state index contributed by atoms with van der Waals surface area (Å²) in [6.45, 7) is 1.07. The van der Waals surface area contributed by atoms with E-state index in [2.05, 4.69) is 0 Å². The molecule has 1 aliphatic heterocycles. The van der Waals surface area contributed by atoms with Crippen LogP contribution in [0.15, 0.2) is 0 Å². The van der Waals surface area contributed by atoms with Crippen molar-refractivity contribution in [2.75, 3.05) is 6.54 Å². The van der Waals surface area contributed by atoms with Crippen LogP contribution in [0.4, 0.5) is 0 Å². The molecule has 22 heavy (non-hydrogen) atoms. The molecule has 2 atom stereocenters. The molecule has 2 saturated carbocycles. The fourth-order valence-corrected chi connectivity index (χ4v) is 4.53. The van der Waals surface area contributed by atoms with Gasteiger partial charge in [-0.2, -0.15) is 0 Å². The summed E-state index contributed by atoms with van der Waals surface area (Å²) in [5.74, 6) is -2.13. The number of carbonyl (C=O) groups excluding carboxylic acids is 3. The van der Waals surface area contributed by atoms with Gasteiger partial charge in [-0.3, -0.25) is 24.0 Å². The fourth-order valence-electron chi connectivity index (χ4n) is 3.28. The van der Waals surface area contributed by atoms with Crippen LogP contribution in [0.1, 0.15) is 45.4 Å². The number of nitrogens with zero attached hydrogens (tertiary/aromatic N) is 1. The van der Waals surface area contributed by atoms with Crippen molar-refractivity contribution in [3.8, 4) is 0 Å². The molecule has 2 unspecified atom stereocenters. The van der Waals surface area contributed by atoms with Gasteiger partial charge in [0.25, 0.3) is 5.91 Å². The molecule has 3 rings (SSSR count). The predicted molar refractivity (Wildman–Crippen MR) is 76.9 cm³/mol. The van der Waals surface area contributed by atoms with Gasteiger partial charge in [0.15, 0.2) is 0 Å². The van der Waals surface area contributed by atoms with Crippen LogP contribution in [0.5, 0.6) is 0 Å². The predicted octanol–water partition coefficient (Wildman–Crippen LogP) is 0.160. The van der Waals surface area contributed by atoms with Gasteiger partial charge in [0.2, 0.25) is 21.8 Å². The van der Waals surface area contributed by atoms with Crippen molar-refractivity contribution in [2.24, 2.45) is 11.8 Å². The second kappa shape index (κ2) is 5.04. The summed E-state index contributed by atoms with van der Waals surface area (Å²) in [5.41, 5.74) is 0. The minimum atomic E-state index is -3.74. The molecule has 1 N–H and O–H groups in total. The molecule has 0 aromatic rings. The first-order valence-electron chi connectivity index (χ1n) is 7.66. The van der Waals surface area contributed by atoms with Crippen LogP contribution in [0.3, 0.4) is 0 Å². The number of hydrogen-bond donors (Lipinski definition) is 1. The molecular weight excluding hydrogens is 308 g/mol. The van der Waals surface area contributed by atoms with Crippen LogP contribution >= 0.6 is 0 Å². The second-order valence-electron chi connectivity index (χ2n) is 6.74. The second-order valence-corrected chi connectivity index (χ2v) is 8.94. The van der Waals surface area contributed by atoms with E-state index in [1.165, 1.54) is 0 Å². The molecule has 0 spiro atoms. The van der Waals surface area contributed by atoms with Crippen molar-refractivity contribution < 1.29 is 22.8 Å². The van der Waals surface area contributed by atoms with E-state index >= 15 is 0 Å². The number of amides is 3. The zero-order chi connectivity index (χ0) is 16.1. The molecule has 122 valence electrons. The first-order valence-corrected chi connectivity index (χ1v) is 9.14. The molecular formula is C14H20N2O5S. The Kier molecular flexibility index (Phi) is 3.54. The van der Waals surface area contributed by atoms with E-state index in [1.54, 1.807) is 6.92 Å². The minimum absolute atomic E-state index is 0.327. The molecule has 3 fully saturated rings. The third kappa shape index (κ3) is 2.43. The maximum Gasteiger partial charge on any atom is 0.253 e.